The van der Waals surface area contributed by atoms with Gasteiger partial charge >= 0.3 is 0 Å². The lowest BCUT2D eigenvalue weighted by atomic mass is 9.99. The molecule has 0 saturated carbocycles. The SMILES string of the molecule is CCC(C)c1ccc(OCC(=O)NCC2CCCO2)cc1. The Morgan fingerprint density at radius 3 is 2.81 bits per heavy atom. The molecule has 2 rings (SSSR count). The lowest BCUT2D eigenvalue weighted by Crippen LogP contribution is -2.35. The van der Waals surface area contributed by atoms with E-state index in [0.29, 0.717) is 12.5 Å². The van der Waals surface area contributed by atoms with E-state index >= 15 is 0 Å². The van der Waals surface area contributed by atoms with Crippen LogP contribution in [0.2, 0.25) is 0 Å². The number of ether oxygens (including phenoxy) is 2. The van der Waals surface area contributed by atoms with Gasteiger partial charge in [0.05, 0.1) is 6.10 Å². The van der Waals surface area contributed by atoms with Crippen LogP contribution in [-0.2, 0) is 9.53 Å². The molecule has 1 aliphatic heterocycles. The Morgan fingerprint density at radius 2 is 2.19 bits per heavy atom. The van der Waals surface area contributed by atoms with Gasteiger partial charge in [-0.15, -0.1) is 0 Å². The quantitative estimate of drug-likeness (QED) is 0.840. The first-order valence-electron chi connectivity index (χ1n) is 7.80. The van der Waals surface area contributed by atoms with Crippen LogP contribution < -0.4 is 10.1 Å². The second-order valence-corrected chi connectivity index (χ2v) is 5.61. The van der Waals surface area contributed by atoms with Crippen molar-refractivity contribution in [3.8, 4) is 5.75 Å². The number of hydrogen-bond acceptors (Lipinski definition) is 3. The smallest absolute Gasteiger partial charge is 0.258 e. The van der Waals surface area contributed by atoms with Gasteiger partial charge in [-0.25, -0.2) is 0 Å². The second-order valence-electron chi connectivity index (χ2n) is 5.61. The van der Waals surface area contributed by atoms with E-state index in [1.54, 1.807) is 0 Å². The number of hydrogen-bond donors (Lipinski definition) is 1. The molecule has 1 N–H and O–H groups in total. The van der Waals surface area contributed by atoms with Crippen molar-refractivity contribution in [1.29, 1.82) is 0 Å². The molecule has 1 heterocycles. The van der Waals surface area contributed by atoms with E-state index in [1.807, 2.05) is 12.1 Å². The Kier molecular flexibility index (Phi) is 6.05. The third kappa shape index (κ3) is 5.05. The first-order valence-corrected chi connectivity index (χ1v) is 7.80. The van der Waals surface area contributed by atoms with Gasteiger partial charge in [0, 0.05) is 13.2 Å². The number of amides is 1. The van der Waals surface area contributed by atoms with Crippen LogP contribution in [0.3, 0.4) is 0 Å². The van der Waals surface area contributed by atoms with Crippen molar-refractivity contribution in [1.82, 2.24) is 5.32 Å². The fourth-order valence-corrected chi connectivity index (χ4v) is 2.36. The molecule has 1 amide bonds. The van der Waals surface area contributed by atoms with Crippen LogP contribution in [0.1, 0.15) is 44.6 Å². The minimum atomic E-state index is -0.100. The number of carbonyl (C=O) groups excluding carboxylic acids is 1. The molecule has 0 bridgehead atoms. The molecule has 1 aromatic rings. The maximum absolute atomic E-state index is 11.7. The average molecular weight is 291 g/mol. The third-order valence-electron chi connectivity index (χ3n) is 3.98. The molecule has 4 heteroatoms. The van der Waals surface area contributed by atoms with Gasteiger partial charge in [-0.05, 0) is 42.9 Å². The lowest BCUT2D eigenvalue weighted by molar-refractivity contribution is -0.123. The largest absolute Gasteiger partial charge is 0.484 e. The molecule has 116 valence electrons. The highest BCUT2D eigenvalue weighted by molar-refractivity contribution is 5.77. The summed E-state index contributed by atoms with van der Waals surface area (Å²) in [6.07, 6.45) is 3.40. The van der Waals surface area contributed by atoms with Crippen molar-refractivity contribution in [3.63, 3.8) is 0 Å². The highest BCUT2D eigenvalue weighted by Gasteiger charge is 2.16. The Bertz CT molecular complexity index is 438. The molecular formula is C17H25NO3. The van der Waals surface area contributed by atoms with E-state index in [2.05, 4.69) is 31.3 Å². The zero-order valence-electron chi connectivity index (χ0n) is 12.9. The Morgan fingerprint density at radius 1 is 1.43 bits per heavy atom. The number of nitrogens with one attached hydrogen (secondary N) is 1. The predicted octanol–water partition coefficient (Wildman–Crippen LogP) is 2.87. The molecule has 1 fully saturated rings. The summed E-state index contributed by atoms with van der Waals surface area (Å²) >= 11 is 0. The summed E-state index contributed by atoms with van der Waals surface area (Å²) in [5, 5.41) is 2.84. The van der Waals surface area contributed by atoms with Gasteiger partial charge < -0.3 is 14.8 Å². The number of benzene rings is 1. The lowest BCUT2D eigenvalue weighted by Gasteiger charge is -2.12. The van der Waals surface area contributed by atoms with E-state index in [0.717, 1.165) is 31.6 Å². The van der Waals surface area contributed by atoms with Crippen molar-refractivity contribution in [2.45, 2.75) is 45.1 Å². The fourth-order valence-electron chi connectivity index (χ4n) is 2.36. The third-order valence-corrected chi connectivity index (χ3v) is 3.98. The first kappa shape index (κ1) is 15.8. The van der Waals surface area contributed by atoms with E-state index in [9.17, 15) is 4.79 Å². The monoisotopic (exact) mass is 291 g/mol. The summed E-state index contributed by atoms with van der Waals surface area (Å²) in [6, 6.07) is 7.98. The molecular weight excluding hydrogens is 266 g/mol. The molecule has 1 aromatic carbocycles. The van der Waals surface area contributed by atoms with E-state index in [1.165, 1.54) is 5.56 Å². The van der Waals surface area contributed by atoms with Crippen LogP contribution in [0.5, 0.6) is 5.75 Å². The number of rotatable bonds is 7. The molecule has 0 radical (unpaired) electrons. The first-order chi connectivity index (χ1) is 10.2. The normalized spacial score (nSPS) is 19.2. The topological polar surface area (TPSA) is 47.6 Å². The van der Waals surface area contributed by atoms with Crippen LogP contribution in [0.15, 0.2) is 24.3 Å². The summed E-state index contributed by atoms with van der Waals surface area (Å²) in [4.78, 5) is 11.7. The van der Waals surface area contributed by atoms with Crippen molar-refractivity contribution >= 4 is 5.91 Å². The minimum Gasteiger partial charge on any atom is -0.484 e. The van der Waals surface area contributed by atoms with Gasteiger partial charge in [-0.2, -0.15) is 0 Å². The van der Waals surface area contributed by atoms with E-state index < -0.39 is 0 Å². The van der Waals surface area contributed by atoms with Gasteiger partial charge in [0.25, 0.3) is 5.91 Å². The summed E-state index contributed by atoms with van der Waals surface area (Å²) in [5.41, 5.74) is 1.30. The molecule has 21 heavy (non-hydrogen) atoms. The van der Waals surface area contributed by atoms with Gasteiger partial charge in [-0.1, -0.05) is 26.0 Å². The molecule has 1 saturated heterocycles. The standard InChI is InChI=1S/C17H25NO3/c1-3-13(2)14-6-8-15(9-7-14)21-12-17(19)18-11-16-5-4-10-20-16/h6-9,13,16H,3-5,10-12H2,1-2H3,(H,18,19). The molecule has 0 aromatic heterocycles. The zero-order chi connectivity index (χ0) is 15.1. The van der Waals surface area contributed by atoms with E-state index in [-0.39, 0.29) is 18.6 Å². The summed E-state index contributed by atoms with van der Waals surface area (Å²) < 4.78 is 11.0. The zero-order valence-corrected chi connectivity index (χ0v) is 12.9. The Labute approximate surface area is 126 Å². The van der Waals surface area contributed by atoms with Crippen LogP contribution >= 0.6 is 0 Å². The minimum absolute atomic E-state index is 0.0510. The van der Waals surface area contributed by atoms with Gasteiger partial charge in [0.2, 0.25) is 0 Å². The summed E-state index contributed by atoms with van der Waals surface area (Å²) in [6.45, 7) is 5.81. The van der Waals surface area contributed by atoms with Crippen molar-refractivity contribution < 1.29 is 14.3 Å². The van der Waals surface area contributed by atoms with Crippen LogP contribution in [-0.4, -0.2) is 31.8 Å². The summed E-state index contributed by atoms with van der Waals surface area (Å²) in [5.74, 6) is 1.18. The van der Waals surface area contributed by atoms with Crippen LogP contribution in [0, 0.1) is 0 Å². The highest BCUT2D eigenvalue weighted by atomic mass is 16.5. The maximum atomic E-state index is 11.7. The molecule has 0 aliphatic carbocycles. The van der Waals surface area contributed by atoms with Crippen LogP contribution in [0.4, 0.5) is 0 Å². The average Bonchev–Trinajstić information content (AvgIpc) is 3.04. The van der Waals surface area contributed by atoms with Crippen molar-refractivity contribution in [2.24, 2.45) is 0 Å². The van der Waals surface area contributed by atoms with E-state index in [4.69, 9.17) is 9.47 Å². The predicted molar refractivity (Wildman–Crippen MR) is 82.6 cm³/mol. The van der Waals surface area contributed by atoms with Crippen LogP contribution in [0.25, 0.3) is 0 Å². The van der Waals surface area contributed by atoms with Gasteiger partial charge in [-0.3, -0.25) is 4.79 Å². The molecule has 0 spiro atoms. The maximum Gasteiger partial charge on any atom is 0.258 e. The van der Waals surface area contributed by atoms with Crippen molar-refractivity contribution in [2.75, 3.05) is 19.8 Å². The molecule has 1 aliphatic rings. The fraction of sp³-hybridized carbons (Fsp3) is 0.588. The van der Waals surface area contributed by atoms with Gasteiger partial charge in [0.1, 0.15) is 5.75 Å². The second kappa shape index (κ2) is 8.03. The number of carbonyl (C=O) groups is 1. The Balaban J connectivity index is 1.70. The Hall–Kier alpha value is -1.55. The molecule has 2 atom stereocenters. The highest BCUT2D eigenvalue weighted by Crippen LogP contribution is 2.21. The summed E-state index contributed by atoms with van der Waals surface area (Å²) in [7, 11) is 0. The van der Waals surface area contributed by atoms with Gasteiger partial charge in [0.15, 0.2) is 6.61 Å². The molecule has 2 unspecified atom stereocenters. The van der Waals surface area contributed by atoms with Crippen molar-refractivity contribution in [3.05, 3.63) is 29.8 Å². The molecule has 4 nitrogen and oxygen atoms in total.